The maximum Gasteiger partial charge on any atom is 0.259 e. The monoisotopic (exact) mass is 434 g/mol. The zero-order valence-corrected chi connectivity index (χ0v) is 17.2. The van der Waals surface area contributed by atoms with E-state index in [9.17, 15) is 13.2 Å². The lowest BCUT2D eigenvalue weighted by molar-refractivity contribution is -0.112. The minimum atomic E-state index is -3.59. The lowest BCUT2D eigenvalue weighted by Gasteiger charge is -2.28. The summed E-state index contributed by atoms with van der Waals surface area (Å²) in [5, 5.41) is 11.8. The number of hydrogen-bond acceptors (Lipinski definition) is 6. The Hall–Kier alpha value is -3.90. The van der Waals surface area contributed by atoms with Crippen molar-refractivity contribution in [3.05, 3.63) is 83.6 Å². The summed E-state index contributed by atoms with van der Waals surface area (Å²) in [7, 11) is -3.59. The highest BCUT2D eigenvalue weighted by Crippen LogP contribution is 2.22. The molecule has 156 valence electrons. The summed E-state index contributed by atoms with van der Waals surface area (Å²) in [5.74, 6) is 0.101. The molecule has 0 radical (unpaired) electrons. The molecule has 0 saturated heterocycles. The third kappa shape index (κ3) is 4.82. The standard InChI is InChI=1S/C22H18N4O4S/c23-14-16-4-1-5-17(12-16)15-30-19-7-2-6-18(13-19)24-22(27)20-8-3-9-26-10-11-31(28,29)25-21(20)26/h1-9,12-13H,10-11,15H2,(H,24,27). The van der Waals surface area contributed by atoms with Crippen molar-refractivity contribution in [1.29, 1.82) is 5.26 Å². The Kier molecular flexibility index (Phi) is 5.56. The summed E-state index contributed by atoms with van der Waals surface area (Å²) in [6.45, 7) is 0.519. The normalized spacial score (nSPS) is 16.4. The van der Waals surface area contributed by atoms with Gasteiger partial charge in [0.25, 0.3) is 15.9 Å². The highest BCUT2D eigenvalue weighted by atomic mass is 32.2. The fourth-order valence-electron chi connectivity index (χ4n) is 3.15. The topological polar surface area (TPSA) is 112 Å². The number of nitrogens with zero attached hydrogens (tertiary/aromatic N) is 3. The first-order valence-electron chi connectivity index (χ1n) is 9.45. The molecule has 4 rings (SSSR count). The number of carbonyl (C=O) groups excluding carboxylic acids is 1. The highest BCUT2D eigenvalue weighted by Gasteiger charge is 2.29. The highest BCUT2D eigenvalue weighted by molar-refractivity contribution is 7.90. The van der Waals surface area contributed by atoms with Gasteiger partial charge in [0.15, 0.2) is 5.84 Å². The number of allylic oxidation sites excluding steroid dienone is 2. The number of ether oxygens (including phenoxy) is 1. The van der Waals surface area contributed by atoms with Gasteiger partial charge < -0.3 is 15.0 Å². The van der Waals surface area contributed by atoms with E-state index in [0.29, 0.717) is 17.0 Å². The van der Waals surface area contributed by atoms with E-state index >= 15 is 0 Å². The molecule has 1 amide bonds. The molecule has 2 aromatic carbocycles. The molecule has 0 unspecified atom stereocenters. The lowest BCUT2D eigenvalue weighted by atomic mass is 10.1. The number of hydrogen-bond donors (Lipinski definition) is 1. The molecule has 0 spiro atoms. The molecule has 2 heterocycles. The first-order chi connectivity index (χ1) is 14.9. The number of sulfonamides is 1. The SMILES string of the molecule is N#Cc1cccc(COc2cccc(NC(=O)C3=CC=CN4CCS(=O)(=O)N=C34)c2)c1. The van der Waals surface area contributed by atoms with Gasteiger partial charge in [0.05, 0.1) is 23.0 Å². The molecule has 1 N–H and O–H groups in total. The molecule has 2 aliphatic heterocycles. The molecule has 0 saturated carbocycles. The van der Waals surface area contributed by atoms with E-state index in [1.807, 2.05) is 6.07 Å². The van der Waals surface area contributed by atoms with Crippen molar-refractivity contribution in [2.24, 2.45) is 4.40 Å². The third-order valence-corrected chi connectivity index (χ3v) is 5.81. The Morgan fingerprint density at radius 3 is 2.90 bits per heavy atom. The van der Waals surface area contributed by atoms with Crippen LogP contribution >= 0.6 is 0 Å². The van der Waals surface area contributed by atoms with Gasteiger partial charge in [0, 0.05) is 24.5 Å². The first-order valence-corrected chi connectivity index (χ1v) is 11.1. The van der Waals surface area contributed by atoms with Gasteiger partial charge in [-0.2, -0.15) is 5.26 Å². The number of rotatable bonds is 5. The van der Waals surface area contributed by atoms with Crippen molar-refractivity contribution in [2.75, 3.05) is 17.6 Å². The molecule has 0 bridgehead atoms. The van der Waals surface area contributed by atoms with Gasteiger partial charge in [-0.05, 0) is 42.0 Å². The van der Waals surface area contributed by atoms with Gasteiger partial charge in [-0.25, -0.2) is 8.42 Å². The van der Waals surface area contributed by atoms with Crippen LogP contribution in [-0.4, -0.2) is 37.4 Å². The zero-order valence-electron chi connectivity index (χ0n) is 16.4. The van der Waals surface area contributed by atoms with E-state index in [-0.39, 0.29) is 30.3 Å². The fourth-order valence-corrected chi connectivity index (χ4v) is 4.14. The smallest absolute Gasteiger partial charge is 0.259 e. The van der Waals surface area contributed by atoms with E-state index in [1.165, 1.54) is 6.08 Å². The molecular weight excluding hydrogens is 416 g/mol. The van der Waals surface area contributed by atoms with Crippen molar-refractivity contribution in [3.8, 4) is 11.8 Å². The average molecular weight is 434 g/mol. The van der Waals surface area contributed by atoms with Crippen LogP contribution in [0, 0.1) is 11.3 Å². The molecule has 2 aromatic rings. The van der Waals surface area contributed by atoms with Crippen LogP contribution < -0.4 is 10.1 Å². The van der Waals surface area contributed by atoms with Crippen molar-refractivity contribution < 1.29 is 17.9 Å². The number of amides is 1. The minimum absolute atomic E-state index is 0.0909. The summed E-state index contributed by atoms with van der Waals surface area (Å²) < 4.78 is 33.3. The summed E-state index contributed by atoms with van der Waals surface area (Å²) >= 11 is 0. The quantitative estimate of drug-likeness (QED) is 0.774. The number of amidine groups is 1. The Balaban J connectivity index is 1.47. The van der Waals surface area contributed by atoms with Gasteiger partial charge >= 0.3 is 0 Å². The van der Waals surface area contributed by atoms with E-state index in [2.05, 4.69) is 15.8 Å². The van der Waals surface area contributed by atoms with Crippen molar-refractivity contribution >= 4 is 27.5 Å². The number of benzene rings is 2. The zero-order chi connectivity index (χ0) is 21.8. The lowest BCUT2D eigenvalue weighted by Crippen LogP contribution is -2.40. The van der Waals surface area contributed by atoms with E-state index in [1.54, 1.807) is 59.6 Å². The van der Waals surface area contributed by atoms with Gasteiger partial charge in [-0.1, -0.05) is 18.2 Å². The first kappa shape index (κ1) is 20.4. The van der Waals surface area contributed by atoms with Crippen molar-refractivity contribution in [3.63, 3.8) is 0 Å². The van der Waals surface area contributed by atoms with Crippen LogP contribution in [0.4, 0.5) is 5.69 Å². The Morgan fingerprint density at radius 2 is 2.06 bits per heavy atom. The van der Waals surface area contributed by atoms with Gasteiger partial charge in [0.2, 0.25) is 0 Å². The summed E-state index contributed by atoms with van der Waals surface area (Å²) in [6.07, 6.45) is 4.91. The number of nitrogens with one attached hydrogen (secondary N) is 1. The van der Waals surface area contributed by atoms with Gasteiger partial charge in [-0.3, -0.25) is 4.79 Å². The van der Waals surface area contributed by atoms with Crippen LogP contribution in [0.25, 0.3) is 0 Å². The van der Waals surface area contributed by atoms with E-state index in [0.717, 1.165) is 5.56 Å². The third-order valence-electron chi connectivity index (χ3n) is 4.66. The maximum atomic E-state index is 12.8. The molecular formula is C22H18N4O4S. The number of anilines is 1. The predicted molar refractivity (Wildman–Crippen MR) is 116 cm³/mol. The molecule has 0 aliphatic carbocycles. The number of fused-ring (bicyclic) bond motifs is 1. The van der Waals surface area contributed by atoms with Crippen LogP contribution in [0.3, 0.4) is 0 Å². The van der Waals surface area contributed by atoms with Crippen LogP contribution in [0.5, 0.6) is 5.75 Å². The number of carbonyl (C=O) groups is 1. The van der Waals surface area contributed by atoms with Gasteiger partial charge in [0.1, 0.15) is 12.4 Å². The molecule has 2 aliphatic rings. The second-order valence-electron chi connectivity index (χ2n) is 6.90. The summed E-state index contributed by atoms with van der Waals surface area (Å²) in [4.78, 5) is 14.5. The summed E-state index contributed by atoms with van der Waals surface area (Å²) in [6, 6.07) is 16.1. The second kappa shape index (κ2) is 8.45. The van der Waals surface area contributed by atoms with Crippen molar-refractivity contribution in [2.45, 2.75) is 6.61 Å². The average Bonchev–Trinajstić information content (AvgIpc) is 2.77. The largest absolute Gasteiger partial charge is 0.489 e. The van der Waals surface area contributed by atoms with Crippen LogP contribution in [0.15, 0.2) is 76.9 Å². The van der Waals surface area contributed by atoms with Gasteiger partial charge in [-0.15, -0.1) is 4.40 Å². The molecule has 8 nitrogen and oxygen atoms in total. The molecule has 31 heavy (non-hydrogen) atoms. The second-order valence-corrected chi connectivity index (χ2v) is 8.65. The van der Waals surface area contributed by atoms with Crippen LogP contribution in [-0.2, 0) is 21.4 Å². The number of nitriles is 1. The van der Waals surface area contributed by atoms with Crippen LogP contribution in [0.2, 0.25) is 0 Å². The van der Waals surface area contributed by atoms with E-state index < -0.39 is 15.9 Å². The molecule has 9 heteroatoms. The molecule has 0 atom stereocenters. The Morgan fingerprint density at radius 1 is 1.23 bits per heavy atom. The molecule has 0 aromatic heterocycles. The summed E-state index contributed by atoms with van der Waals surface area (Å²) in [5.41, 5.74) is 2.07. The maximum absolute atomic E-state index is 12.8. The Bertz CT molecular complexity index is 1270. The minimum Gasteiger partial charge on any atom is -0.489 e. The Labute approximate surface area is 179 Å². The fraction of sp³-hybridized carbons (Fsp3) is 0.136. The predicted octanol–water partition coefficient (Wildman–Crippen LogP) is 2.57. The molecule has 0 fully saturated rings. The van der Waals surface area contributed by atoms with E-state index in [4.69, 9.17) is 10.00 Å². The van der Waals surface area contributed by atoms with Crippen molar-refractivity contribution in [1.82, 2.24) is 4.90 Å². The van der Waals surface area contributed by atoms with Crippen LogP contribution in [0.1, 0.15) is 11.1 Å².